The molecule has 3 rings (SSSR count). The van der Waals surface area contributed by atoms with Crippen LogP contribution in [0.25, 0.3) is 0 Å². The molecule has 4 N–H and O–H groups in total. The van der Waals surface area contributed by atoms with Crippen LogP contribution in [0.15, 0.2) is 84.9 Å². The van der Waals surface area contributed by atoms with Crippen LogP contribution < -0.4 is 16.4 Å². The molecule has 3 aromatic carbocycles. The number of halogens is 1. The number of hydrogen-bond donors (Lipinski definition) is 3. The van der Waals surface area contributed by atoms with E-state index in [-0.39, 0.29) is 19.4 Å². The van der Waals surface area contributed by atoms with Crippen molar-refractivity contribution < 1.29 is 23.5 Å². The average Bonchev–Trinajstić information content (AvgIpc) is 2.83. The van der Waals surface area contributed by atoms with Crippen LogP contribution in [-0.2, 0) is 33.8 Å². The van der Waals surface area contributed by atoms with Crippen molar-refractivity contribution >= 4 is 17.9 Å². The average molecular weight is 464 g/mol. The molecule has 0 saturated carbocycles. The largest absolute Gasteiger partial charge is 0.445 e. The molecule has 0 aromatic heterocycles. The fraction of sp³-hybridized carbons (Fsp3) is 0.192. The van der Waals surface area contributed by atoms with Crippen molar-refractivity contribution in [3.63, 3.8) is 0 Å². The van der Waals surface area contributed by atoms with Crippen molar-refractivity contribution in [2.45, 2.75) is 31.5 Å². The molecule has 176 valence electrons. The van der Waals surface area contributed by atoms with Gasteiger partial charge in [0.25, 0.3) is 0 Å². The summed E-state index contributed by atoms with van der Waals surface area (Å²) >= 11 is 0. The Morgan fingerprint density at radius 2 is 1.35 bits per heavy atom. The zero-order valence-corrected chi connectivity index (χ0v) is 18.4. The molecular formula is C26H26FN3O4. The van der Waals surface area contributed by atoms with E-state index in [4.69, 9.17) is 10.5 Å². The first-order valence-corrected chi connectivity index (χ1v) is 10.8. The van der Waals surface area contributed by atoms with E-state index in [0.717, 1.165) is 11.1 Å². The number of rotatable bonds is 10. The van der Waals surface area contributed by atoms with Crippen LogP contribution in [0.2, 0.25) is 0 Å². The first-order chi connectivity index (χ1) is 16.4. The van der Waals surface area contributed by atoms with Gasteiger partial charge in [0.2, 0.25) is 11.8 Å². The first kappa shape index (κ1) is 24.4. The Bertz CT molecular complexity index is 1110. The molecule has 3 aromatic rings. The van der Waals surface area contributed by atoms with Gasteiger partial charge in [-0.05, 0) is 28.8 Å². The van der Waals surface area contributed by atoms with Crippen LogP contribution in [0.5, 0.6) is 0 Å². The molecular weight excluding hydrogens is 437 g/mol. The highest BCUT2D eigenvalue weighted by Gasteiger charge is 2.26. The van der Waals surface area contributed by atoms with Crippen molar-refractivity contribution in [1.82, 2.24) is 10.6 Å². The monoisotopic (exact) mass is 463 g/mol. The minimum atomic E-state index is -1.09. The third-order valence-electron chi connectivity index (χ3n) is 5.09. The van der Waals surface area contributed by atoms with E-state index >= 15 is 0 Å². The summed E-state index contributed by atoms with van der Waals surface area (Å²) in [4.78, 5) is 37.5. The SMILES string of the molecule is NC(=O)[C@@H](Cc1cccc(F)c1)NC(=O)[C@@H](Cc1ccccc1)NC(=O)OCc1ccccc1. The summed E-state index contributed by atoms with van der Waals surface area (Å²) in [6.45, 7) is 0.0375. The third kappa shape index (κ3) is 7.74. The summed E-state index contributed by atoms with van der Waals surface area (Å²) in [7, 11) is 0. The van der Waals surface area contributed by atoms with E-state index in [2.05, 4.69) is 10.6 Å². The molecule has 0 unspecified atom stereocenters. The second-order valence-electron chi connectivity index (χ2n) is 7.75. The fourth-order valence-corrected chi connectivity index (χ4v) is 3.36. The molecule has 0 radical (unpaired) electrons. The van der Waals surface area contributed by atoms with E-state index in [0.29, 0.717) is 5.56 Å². The van der Waals surface area contributed by atoms with Gasteiger partial charge in [0.1, 0.15) is 24.5 Å². The number of benzene rings is 3. The van der Waals surface area contributed by atoms with Gasteiger partial charge < -0.3 is 21.1 Å². The number of alkyl carbamates (subject to hydrolysis) is 1. The van der Waals surface area contributed by atoms with Crippen LogP contribution in [0.4, 0.5) is 9.18 Å². The maximum Gasteiger partial charge on any atom is 0.408 e. The second kappa shape index (κ2) is 12.2. The molecule has 0 aliphatic heterocycles. The molecule has 0 fully saturated rings. The molecule has 0 bridgehead atoms. The lowest BCUT2D eigenvalue weighted by atomic mass is 10.0. The third-order valence-corrected chi connectivity index (χ3v) is 5.09. The van der Waals surface area contributed by atoms with Crippen LogP contribution in [0, 0.1) is 5.82 Å². The van der Waals surface area contributed by atoms with Crippen molar-refractivity contribution in [2.75, 3.05) is 0 Å². The Labute approximate surface area is 197 Å². The van der Waals surface area contributed by atoms with Crippen molar-refractivity contribution in [2.24, 2.45) is 5.73 Å². The number of carbonyl (C=O) groups excluding carboxylic acids is 3. The zero-order chi connectivity index (χ0) is 24.3. The van der Waals surface area contributed by atoms with Crippen molar-refractivity contribution in [3.8, 4) is 0 Å². The maximum atomic E-state index is 13.5. The molecule has 2 atom stereocenters. The molecule has 7 nitrogen and oxygen atoms in total. The van der Waals surface area contributed by atoms with Gasteiger partial charge in [-0.3, -0.25) is 9.59 Å². The quantitative estimate of drug-likeness (QED) is 0.429. The van der Waals surface area contributed by atoms with Crippen molar-refractivity contribution in [1.29, 1.82) is 0 Å². The Kier molecular flexibility index (Phi) is 8.73. The summed E-state index contributed by atoms with van der Waals surface area (Å²) in [5, 5.41) is 5.15. The highest BCUT2D eigenvalue weighted by Crippen LogP contribution is 2.09. The van der Waals surface area contributed by atoms with Crippen LogP contribution in [0.1, 0.15) is 16.7 Å². The number of nitrogens with one attached hydrogen (secondary N) is 2. The Morgan fingerprint density at radius 1 is 0.765 bits per heavy atom. The van der Waals surface area contributed by atoms with Gasteiger partial charge in [0.15, 0.2) is 0 Å². The van der Waals surface area contributed by atoms with Gasteiger partial charge in [-0.2, -0.15) is 0 Å². The lowest BCUT2D eigenvalue weighted by molar-refractivity contribution is -0.128. The minimum absolute atomic E-state index is 0.00927. The smallest absolute Gasteiger partial charge is 0.408 e. The lowest BCUT2D eigenvalue weighted by Gasteiger charge is -2.22. The lowest BCUT2D eigenvalue weighted by Crippen LogP contribution is -2.54. The number of carbonyl (C=O) groups is 3. The molecule has 8 heteroatoms. The van der Waals surface area contributed by atoms with Gasteiger partial charge in [0, 0.05) is 12.8 Å². The molecule has 34 heavy (non-hydrogen) atoms. The molecule has 3 amide bonds. The van der Waals surface area contributed by atoms with Crippen LogP contribution in [0.3, 0.4) is 0 Å². The Hall–Kier alpha value is -4.20. The molecule has 0 heterocycles. The highest BCUT2D eigenvalue weighted by atomic mass is 19.1. The topological polar surface area (TPSA) is 111 Å². The van der Waals surface area contributed by atoms with Crippen LogP contribution >= 0.6 is 0 Å². The summed E-state index contributed by atoms with van der Waals surface area (Å²) in [5.74, 6) is -1.85. The molecule has 0 spiro atoms. The summed E-state index contributed by atoms with van der Waals surface area (Å²) in [5.41, 5.74) is 7.57. The van der Waals surface area contributed by atoms with Gasteiger partial charge >= 0.3 is 6.09 Å². The van der Waals surface area contributed by atoms with Gasteiger partial charge in [-0.1, -0.05) is 72.8 Å². The fourth-order valence-electron chi connectivity index (χ4n) is 3.36. The number of nitrogens with two attached hydrogens (primary N) is 1. The summed E-state index contributed by atoms with van der Waals surface area (Å²) in [6.07, 6.45) is -0.603. The Balaban J connectivity index is 1.69. The predicted octanol–water partition coefficient (Wildman–Crippen LogP) is 2.88. The predicted molar refractivity (Wildman–Crippen MR) is 125 cm³/mol. The molecule has 0 aliphatic rings. The maximum absolute atomic E-state index is 13.5. The number of amides is 3. The van der Waals surface area contributed by atoms with E-state index in [1.165, 1.54) is 18.2 Å². The van der Waals surface area contributed by atoms with E-state index in [1.807, 2.05) is 60.7 Å². The molecule has 0 saturated heterocycles. The molecule has 0 aliphatic carbocycles. The summed E-state index contributed by atoms with van der Waals surface area (Å²) < 4.78 is 18.8. The highest BCUT2D eigenvalue weighted by molar-refractivity contribution is 5.91. The Morgan fingerprint density at radius 3 is 1.97 bits per heavy atom. The number of primary amides is 1. The van der Waals surface area contributed by atoms with Gasteiger partial charge in [-0.25, -0.2) is 9.18 Å². The number of ether oxygens (including phenoxy) is 1. The van der Waals surface area contributed by atoms with Crippen LogP contribution in [-0.4, -0.2) is 30.0 Å². The second-order valence-corrected chi connectivity index (χ2v) is 7.75. The first-order valence-electron chi connectivity index (χ1n) is 10.8. The van der Waals surface area contributed by atoms with E-state index in [1.54, 1.807) is 6.07 Å². The van der Waals surface area contributed by atoms with E-state index in [9.17, 15) is 18.8 Å². The standard InChI is InChI=1S/C26H26FN3O4/c27-21-13-7-12-20(14-21)16-22(24(28)31)29-25(32)23(15-18-8-3-1-4-9-18)30-26(33)34-17-19-10-5-2-6-11-19/h1-14,22-23H,15-17H2,(H2,28,31)(H,29,32)(H,30,33)/t22-,23-/m1/s1. The van der Waals surface area contributed by atoms with E-state index < -0.39 is 35.8 Å². The normalized spacial score (nSPS) is 12.3. The minimum Gasteiger partial charge on any atom is -0.445 e. The van der Waals surface area contributed by atoms with Gasteiger partial charge in [-0.15, -0.1) is 0 Å². The zero-order valence-electron chi connectivity index (χ0n) is 18.4. The summed E-state index contributed by atoms with van der Waals surface area (Å²) in [6, 6.07) is 21.8. The van der Waals surface area contributed by atoms with Gasteiger partial charge in [0.05, 0.1) is 0 Å². The van der Waals surface area contributed by atoms with Crippen molar-refractivity contribution in [3.05, 3.63) is 107 Å². The number of hydrogen-bond acceptors (Lipinski definition) is 4.